The number of nitrogens with zero attached hydrogens (tertiary/aromatic N) is 1. The Bertz CT molecular complexity index is 961. The van der Waals surface area contributed by atoms with E-state index in [4.69, 9.17) is 4.74 Å². The first-order chi connectivity index (χ1) is 14.1. The molecule has 1 amide bonds. The van der Waals surface area contributed by atoms with E-state index < -0.39 is 34.2 Å². The van der Waals surface area contributed by atoms with E-state index in [1.807, 2.05) is 0 Å². The molecule has 2 aromatic carbocycles. The van der Waals surface area contributed by atoms with Crippen LogP contribution in [0.2, 0.25) is 0 Å². The molecule has 0 spiro atoms. The van der Waals surface area contributed by atoms with E-state index in [1.165, 1.54) is 25.3 Å². The maximum Gasteiger partial charge on any atom is 0.416 e. The molecule has 2 aromatic rings. The standard InChI is InChI=1S/C20H23F3N2O4S/c1-15-7-9-18(10-8-15)30(27,28)25(14-19(26)24-11-4-12-29-2)17-6-3-5-16(13-17)20(21,22)23/h3,5-10,13H,4,11-12,14H2,1-2H3,(H,24,26). The average molecular weight is 444 g/mol. The zero-order valence-electron chi connectivity index (χ0n) is 16.6. The van der Waals surface area contributed by atoms with Crippen molar-refractivity contribution in [2.24, 2.45) is 0 Å². The lowest BCUT2D eigenvalue weighted by Crippen LogP contribution is -2.41. The highest BCUT2D eigenvalue weighted by atomic mass is 32.2. The highest BCUT2D eigenvalue weighted by Crippen LogP contribution is 2.33. The number of nitrogens with one attached hydrogen (secondary N) is 1. The second-order valence-corrected chi connectivity index (χ2v) is 8.43. The summed E-state index contributed by atoms with van der Waals surface area (Å²) in [6.45, 7) is 1.76. The third-order valence-corrected chi connectivity index (χ3v) is 5.99. The topological polar surface area (TPSA) is 75.7 Å². The number of alkyl halides is 3. The number of rotatable bonds is 9. The minimum Gasteiger partial charge on any atom is -0.385 e. The second-order valence-electron chi connectivity index (χ2n) is 6.57. The summed E-state index contributed by atoms with van der Waals surface area (Å²) in [4.78, 5) is 12.2. The van der Waals surface area contributed by atoms with Gasteiger partial charge >= 0.3 is 6.18 Å². The van der Waals surface area contributed by atoms with Gasteiger partial charge in [0, 0.05) is 20.3 Å². The molecule has 6 nitrogen and oxygen atoms in total. The van der Waals surface area contributed by atoms with E-state index >= 15 is 0 Å². The molecule has 1 N–H and O–H groups in total. The Morgan fingerprint density at radius 1 is 1.13 bits per heavy atom. The van der Waals surface area contributed by atoms with Crippen molar-refractivity contribution in [1.82, 2.24) is 5.32 Å². The number of aryl methyl sites for hydroxylation is 1. The number of anilines is 1. The summed E-state index contributed by atoms with van der Waals surface area (Å²) in [6.07, 6.45) is -4.14. The van der Waals surface area contributed by atoms with Crippen LogP contribution in [0.25, 0.3) is 0 Å². The monoisotopic (exact) mass is 444 g/mol. The number of hydrogen-bond donors (Lipinski definition) is 1. The summed E-state index contributed by atoms with van der Waals surface area (Å²) in [5.41, 5.74) is -0.447. The van der Waals surface area contributed by atoms with Crippen LogP contribution in [0.15, 0.2) is 53.4 Å². The van der Waals surface area contributed by atoms with Crippen LogP contribution in [-0.2, 0) is 25.7 Å². The lowest BCUT2D eigenvalue weighted by molar-refractivity contribution is -0.137. The van der Waals surface area contributed by atoms with Gasteiger partial charge < -0.3 is 10.1 Å². The molecular weight excluding hydrogens is 421 g/mol. The van der Waals surface area contributed by atoms with Crippen LogP contribution in [0.5, 0.6) is 0 Å². The number of sulfonamides is 1. The third-order valence-electron chi connectivity index (χ3n) is 4.21. The van der Waals surface area contributed by atoms with Crippen LogP contribution < -0.4 is 9.62 Å². The zero-order valence-corrected chi connectivity index (χ0v) is 17.4. The van der Waals surface area contributed by atoms with Gasteiger partial charge in [0.1, 0.15) is 6.54 Å². The molecule has 0 saturated heterocycles. The fourth-order valence-corrected chi connectivity index (χ4v) is 4.03. The van der Waals surface area contributed by atoms with Crippen molar-refractivity contribution >= 4 is 21.6 Å². The molecule has 0 aliphatic heterocycles. The molecule has 164 valence electrons. The van der Waals surface area contributed by atoms with Gasteiger partial charge in [-0.25, -0.2) is 8.42 Å². The molecule has 0 unspecified atom stereocenters. The minimum atomic E-state index is -4.66. The van der Waals surface area contributed by atoms with Crippen LogP contribution in [0, 0.1) is 6.92 Å². The van der Waals surface area contributed by atoms with Crippen molar-refractivity contribution in [2.45, 2.75) is 24.4 Å². The summed E-state index contributed by atoms with van der Waals surface area (Å²) in [6, 6.07) is 9.72. The number of halogens is 3. The number of methoxy groups -OCH3 is 1. The Morgan fingerprint density at radius 3 is 2.40 bits per heavy atom. The summed E-state index contributed by atoms with van der Waals surface area (Å²) in [5.74, 6) is -0.640. The summed E-state index contributed by atoms with van der Waals surface area (Å²) in [5, 5.41) is 2.55. The molecule has 10 heteroatoms. The maximum atomic E-state index is 13.2. The molecule has 30 heavy (non-hydrogen) atoms. The van der Waals surface area contributed by atoms with Gasteiger partial charge in [-0.2, -0.15) is 13.2 Å². The summed E-state index contributed by atoms with van der Waals surface area (Å²) in [7, 11) is -2.78. The molecular formula is C20H23F3N2O4S. The Labute approximate surface area is 173 Å². The Hall–Kier alpha value is -2.59. The summed E-state index contributed by atoms with van der Waals surface area (Å²) >= 11 is 0. The molecule has 0 saturated carbocycles. The lowest BCUT2D eigenvalue weighted by Gasteiger charge is -2.25. The first-order valence-corrected chi connectivity index (χ1v) is 10.5. The van der Waals surface area contributed by atoms with Gasteiger partial charge in [0.15, 0.2) is 0 Å². The molecule has 0 aliphatic carbocycles. The van der Waals surface area contributed by atoms with Crippen LogP contribution in [0.4, 0.5) is 18.9 Å². The van der Waals surface area contributed by atoms with Crippen molar-refractivity contribution in [3.05, 3.63) is 59.7 Å². The lowest BCUT2D eigenvalue weighted by atomic mass is 10.2. The van der Waals surface area contributed by atoms with Crippen LogP contribution in [0.1, 0.15) is 17.5 Å². The van der Waals surface area contributed by atoms with Crippen molar-refractivity contribution in [2.75, 3.05) is 31.1 Å². The molecule has 0 fully saturated rings. The normalized spacial score (nSPS) is 11.9. The van der Waals surface area contributed by atoms with Crippen molar-refractivity contribution in [1.29, 1.82) is 0 Å². The van der Waals surface area contributed by atoms with Gasteiger partial charge in [0.2, 0.25) is 5.91 Å². The van der Waals surface area contributed by atoms with Gasteiger partial charge in [-0.15, -0.1) is 0 Å². The Kier molecular flexibility index (Phi) is 7.85. The number of hydrogen-bond acceptors (Lipinski definition) is 4. The second kappa shape index (κ2) is 9.94. The van der Waals surface area contributed by atoms with Crippen molar-refractivity contribution < 1.29 is 31.1 Å². The van der Waals surface area contributed by atoms with E-state index in [-0.39, 0.29) is 17.1 Å². The molecule has 0 atom stereocenters. The first kappa shape index (κ1) is 23.7. The molecule has 0 aromatic heterocycles. The third kappa shape index (κ3) is 6.20. The first-order valence-electron chi connectivity index (χ1n) is 9.08. The quantitative estimate of drug-likeness (QED) is 0.602. The molecule has 0 bridgehead atoms. The predicted octanol–water partition coefficient (Wildman–Crippen LogP) is 3.36. The fraction of sp³-hybridized carbons (Fsp3) is 0.350. The van der Waals surface area contributed by atoms with Gasteiger partial charge in [0.25, 0.3) is 10.0 Å². The zero-order chi connectivity index (χ0) is 22.4. The maximum absolute atomic E-state index is 13.2. The predicted molar refractivity (Wildman–Crippen MR) is 107 cm³/mol. The van der Waals surface area contributed by atoms with E-state index in [2.05, 4.69) is 5.32 Å². The number of benzene rings is 2. The Morgan fingerprint density at radius 2 is 1.80 bits per heavy atom. The molecule has 2 rings (SSSR count). The SMILES string of the molecule is COCCCNC(=O)CN(c1cccc(C(F)(F)F)c1)S(=O)(=O)c1ccc(C)cc1. The Balaban J connectivity index is 2.40. The number of carbonyl (C=O) groups is 1. The number of carbonyl (C=O) groups excluding carboxylic acids is 1. The highest BCUT2D eigenvalue weighted by Gasteiger charge is 2.33. The van der Waals surface area contributed by atoms with Crippen LogP contribution >= 0.6 is 0 Å². The number of amides is 1. The van der Waals surface area contributed by atoms with Gasteiger partial charge in [-0.05, 0) is 43.7 Å². The average Bonchev–Trinajstić information content (AvgIpc) is 2.69. The smallest absolute Gasteiger partial charge is 0.385 e. The fourth-order valence-electron chi connectivity index (χ4n) is 2.62. The minimum absolute atomic E-state index is 0.127. The highest BCUT2D eigenvalue weighted by molar-refractivity contribution is 7.92. The van der Waals surface area contributed by atoms with Crippen LogP contribution in [-0.4, -0.2) is 41.1 Å². The van der Waals surface area contributed by atoms with E-state index in [9.17, 15) is 26.4 Å². The van der Waals surface area contributed by atoms with E-state index in [0.717, 1.165) is 17.7 Å². The summed E-state index contributed by atoms with van der Waals surface area (Å²) < 4.78 is 71.3. The van der Waals surface area contributed by atoms with E-state index in [1.54, 1.807) is 19.1 Å². The largest absolute Gasteiger partial charge is 0.416 e. The number of ether oxygens (including phenoxy) is 1. The molecule has 0 radical (unpaired) electrons. The van der Waals surface area contributed by atoms with E-state index in [0.29, 0.717) is 23.4 Å². The van der Waals surface area contributed by atoms with Crippen molar-refractivity contribution in [3.8, 4) is 0 Å². The van der Waals surface area contributed by atoms with Gasteiger partial charge in [0.05, 0.1) is 16.1 Å². The molecule has 0 aliphatic rings. The van der Waals surface area contributed by atoms with Gasteiger partial charge in [-0.1, -0.05) is 23.8 Å². The molecule has 0 heterocycles. The van der Waals surface area contributed by atoms with Crippen molar-refractivity contribution in [3.63, 3.8) is 0 Å². The van der Waals surface area contributed by atoms with Gasteiger partial charge in [-0.3, -0.25) is 9.10 Å². The van der Waals surface area contributed by atoms with Crippen LogP contribution in [0.3, 0.4) is 0 Å².